The van der Waals surface area contributed by atoms with Crippen LogP contribution in [0.15, 0.2) is 28.7 Å². The molecule has 1 aromatic rings. The predicted molar refractivity (Wildman–Crippen MR) is 51.3 cm³/mol. The lowest BCUT2D eigenvalue weighted by molar-refractivity contribution is -0.103. The van der Waals surface area contributed by atoms with Gasteiger partial charge >= 0.3 is 0 Å². The van der Waals surface area contributed by atoms with Gasteiger partial charge in [0.25, 0.3) is 0 Å². The first kappa shape index (κ1) is 8.91. The minimum atomic E-state index is 0.266. The maximum absolute atomic E-state index is 10.4. The average molecular weight is 224 g/mol. The molecular weight excluding hydrogens is 218 g/mol. The molecule has 1 aromatic carbocycles. The van der Waals surface area contributed by atoms with E-state index in [-0.39, 0.29) is 5.57 Å². The van der Waals surface area contributed by atoms with Crippen molar-refractivity contribution in [2.24, 2.45) is 0 Å². The van der Waals surface area contributed by atoms with E-state index in [9.17, 15) is 4.79 Å². The van der Waals surface area contributed by atoms with Gasteiger partial charge in [-0.05, 0) is 23.6 Å². The molecule has 12 heavy (non-hydrogen) atoms. The number of allylic oxidation sites excluding steroid dienone is 1. The molecule has 0 bridgehead atoms. The number of carbonyl (C=O) groups excluding carboxylic acids is 1. The standard InChI is InChI=1S/C9H6BrNO/c10-9-3-1-7(2-4-9)8(5-11)6-12/h1-4,6,11H. The van der Waals surface area contributed by atoms with Crippen LogP contribution in [0.5, 0.6) is 0 Å². The summed E-state index contributed by atoms with van der Waals surface area (Å²) in [7, 11) is 0. The first-order valence-corrected chi connectivity index (χ1v) is 4.08. The van der Waals surface area contributed by atoms with Gasteiger partial charge < -0.3 is 0 Å². The minimum absolute atomic E-state index is 0.266. The summed E-state index contributed by atoms with van der Waals surface area (Å²) in [5.41, 5.74) is 0.978. The maximum Gasteiger partial charge on any atom is 0.159 e. The fourth-order valence-electron chi connectivity index (χ4n) is 0.799. The summed E-state index contributed by atoms with van der Waals surface area (Å²) < 4.78 is 0.946. The molecule has 60 valence electrons. The molecule has 3 heteroatoms. The van der Waals surface area contributed by atoms with Gasteiger partial charge in [0.05, 0.1) is 5.57 Å². The summed E-state index contributed by atoms with van der Waals surface area (Å²) in [6.45, 7) is 0. The Kier molecular flexibility index (Phi) is 2.97. The lowest BCUT2D eigenvalue weighted by Crippen LogP contribution is -1.84. The van der Waals surface area contributed by atoms with Gasteiger partial charge in [-0.3, -0.25) is 10.2 Å². The van der Waals surface area contributed by atoms with E-state index in [2.05, 4.69) is 21.8 Å². The molecule has 0 unspecified atom stereocenters. The quantitative estimate of drug-likeness (QED) is 0.467. The normalized spacial score (nSPS) is 8.75. The van der Waals surface area contributed by atoms with Crippen LogP contribution in [0.1, 0.15) is 5.56 Å². The van der Waals surface area contributed by atoms with Gasteiger partial charge in [0.1, 0.15) is 0 Å². The molecule has 0 aliphatic rings. The second kappa shape index (κ2) is 4.00. The van der Waals surface area contributed by atoms with E-state index < -0.39 is 0 Å². The average Bonchev–Trinajstić information content (AvgIpc) is 2.10. The monoisotopic (exact) mass is 223 g/mol. The number of halogens is 1. The highest BCUT2D eigenvalue weighted by Gasteiger charge is 1.97. The lowest BCUT2D eigenvalue weighted by atomic mass is 10.1. The third-order valence-corrected chi connectivity index (χ3v) is 1.94. The number of rotatable bonds is 2. The molecule has 0 radical (unpaired) electrons. The van der Waals surface area contributed by atoms with Crippen LogP contribution < -0.4 is 0 Å². The van der Waals surface area contributed by atoms with E-state index in [0.29, 0.717) is 11.8 Å². The van der Waals surface area contributed by atoms with E-state index in [1.165, 1.54) is 0 Å². The molecule has 0 aliphatic carbocycles. The van der Waals surface area contributed by atoms with Crippen molar-refractivity contribution in [1.29, 1.82) is 5.41 Å². The van der Waals surface area contributed by atoms with E-state index in [0.717, 1.165) is 4.47 Å². The van der Waals surface area contributed by atoms with E-state index in [1.54, 1.807) is 12.1 Å². The van der Waals surface area contributed by atoms with Crippen molar-refractivity contribution in [3.63, 3.8) is 0 Å². The molecule has 0 fully saturated rings. The Hall–Kier alpha value is -1.18. The van der Waals surface area contributed by atoms with Crippen molar-refractivity contribution in [2.75, 3.05) is 0 Å². The third kappa shape index (κ3) is 1.91. The van der Waals surface area contributed by atoms with Crippen LogP contribution in [0.3, 0.4) is 0 Å². The number of benzene rings is 1. The smallest absolute Gasteiger partial charge is 0.159 e. The highest BCUT2D eigenvalue weighted by atomic mass is 79.9. The van der Waals surface area contributed by atoms with Crippen LogP contribution in [-0.4, -0.2) is 12.2 Å². The summed E-state index contributed by atoms with van der Waals surface area (Å²) in [5, 5.41) is 6.82. The number of aldehydes is 1. The highest BCUT2D eigenvalue weighted by Crippen LogP contribution is 2.14. The molecule has 0 heterocycles. The topological polar surface area (TPSA) is 40.9 Å². The molecule has 0 aromatic heterocycles. The van der Waals surface area contributed by atoms with Gasteiger partial charge in [-0.25, -0.2) is 0 Å². The molecule has 0 atom stereocenters. The largest absolute Gasteiger partial charge is 0.297 e. The summed E-state index contributed by atoms with van der Waals surface area (Å²) in [6.07, 6.45) is 0.621. The molecule has 2 nitrogen and oxygen atoms in total. The SMILES string of the molecule is N=C=C(C=O)c1ccc(Br)cc1. The molecule has 1 N–H and O–H groups in total. The van der Waals surface area contributed by atoms with Crippen molar-refractivity contribution < 1.29 is 4.79 Å². The van der Waals surface area contributed by atoms with Gasteiger partial charge in [-0.15, -0.1) is 0 Å². The first-order chi connectivity index (χ1) is 5.77. The summed E-state index contributed by atoms with van der Waals surface area (Å²) >= 11 is 3.27. The summed E-state index contributed by atoms with van der Waals surface area (Å²) in [6, 6.07) is 7.15. The van der Waals surface area contributed by atoms with Gasteiger partial charge in [0.15, 0.2) is 6.29 Å². The molecule has 0 saturated heterocycles. The van der Waals surface area contributed by atoms with Crippen molar-refractivity contribution in [2.45, 2.75) is 0 Å². The van der Waals surface area contributed by atoms with Crippen LogP contribution in [0, 0.1) is 5.41 Å². The van der Waals surface area contributed by atoms with Crippen LogP contribution in [0.4, 0.5) is 0 Å². The third-order valence-electron chi connectivity index (χ3n) is 1.41. The Morgan fingerprint density at radius 1 is 1.42 bits per heavy atom. The van der Waals surface area contributed by atoms with Crippen molar-refractivity contribution in [3.8, 4) is 0 Å². The predicted octanol–water partition coefficient (Wildman–Crippen LogP) is 2.28. The van der Waals surface area contributed by atoms with E-state index in [1.807, 2.05) is 12.1 Å². The van der Waals surface area contributed by atoms with Crippen molar-refractivity contribution >= 4 is 33.7 Å². The minimum Gasteiger partial charge on any atom is -0.297 e. The number of nitrogens with one attached hydrogen (secondary N) is 1. The Labute approximate surface area is 78.6 Å². The fraction of sp³-hybridized carbons (Fsp3) is 0. The Morgan fingerprint density at radius 3 is 2.42 bits per heavy atom. The fourth-order valence-corrected chi connectivity index (χ4v) is 1.06. The van der Waals surface area contributed by atoms with Crippen LogP contribution in [0.2, 0.25) is 0 Å². The van der Waals surface area contributed by atoms with Gasteiger partial charge in [-0.2, -0.15) is 0 Å². The van der Waals surface area contributed by atoms with Crippen molar-refractivity contribution in [3.05, 3.63) is 34.3 Å². The second-order valence-corrected chi connectivity index (χ2v) is 3.08. The van der Waals surface area contributed by atoms with Gasteiger partial charge in [-0.1, -0.05) is 28.1 Å². The lowest BCUT2D eigenvalue weighted by Gasteiger charge is -1.95. The number of hydrogen-bond acceptors (Lipinski definition) is 2. The number of carbonyl (C=O) groups is 1. The molecule has 0 amide bonds. The highest BCUT2D eigenvalue weighted by molar-refractivity contribution is 9.10. The van der Waals surface area contributed by atoms with E-state index >= 15 is 0 Å². The van der Waals surface area contributed by atoms with Crippen LogP contribution in [0.25, 0.3) is 5.57 Å². The first-order valence-electron chi connectivity index (χ1n) is 3.28. The van der Waals surface area contributed by atoms with Crippen LogP contribution in [-0.2, 0) is 4.79 Å². The second-order valence-electron chi connectivity index (χ2n) is 2.16. The van der Waals surface area contributed by atoms with Gasteiger partial charge in [0.2, 0.25) is 0 Å². The Morgan fingerprint density at radius 2 is 2.00 bits per heavy atom. The summed E-state index contributed by atoms with van der Waals surface area (Å²) in [4.78, 5) is 10.4. The molecular formula is C9H6BrNO. The summed E-state index contributed by atoms with van der Waals surface area (Å²) in [5.74, 6) is 2.07. The number of hydrogen-bond donors (Lipinski definition) is 1. The maximum atomic E-state index is 10.4. The van der Waals surface area contributed by atoms with Crippen LogP contribution >= 0.6 is 15.9 Å². The molecule has 1 rings (SSSR count). The van der Waals surface area contributed by atoms with E-state index in [4.69, 9.17) is 5.41 Å². The zero-order valence-corrected chi connectivity index (χ0v) is 7.76. The Balaban J connectivity index is 3.12. The Bertz CT molecular complexity index is 336. The molecule has 0 aliphatic heterocycles. The van der Waals surface area contributed by atoms with Crippen molar-refractivity contribution in [1.82, 2.24) is 0 Å². The van der Waals surface area contributed by atoms with Gasteiger partial charge in [0, 0.05) is 4.47 Å². The zero-order chi connectivity index (χ0) is 8.97. The molecule has 0 spiro atoms. The zero-order valence-electron chi connectivity index (χ0n) is 6.17. The molecule has 0 saturated carbocycles.